The first kappa shape index (κ1) is 15.5. The number of nitrogens with zero attached hydrogens (tertiary/aromatic N) is 1. The first-order chi connectivity index (χ1) is 9.17. The zero-order chi connectivity index (χ0) is 14.1. The molecule has 1 rings (SSSR count). The van der Waals surface area contributed by atoms with Crippen LogP contribution in [0.3, 0.4) is 0 Å². The highest BCUT2D eigenvalue weighted by Crippen LogP contribution is 2.13. The van der Waals surface area contributed by atoms with Crippen LogP contribution >= 0.6 is 0 Å². The topological polar surface area (TPSA) is 55.6 Å². The molecule has 19 heavy (non-hydrogen) atoms. The number of benzene rings is 1. The summed E-state index contributed by atoms with van der Waals surface area (Å²) in [4.78, 5) is 13.5. The summed E-state index contributed by atoms with van der Waals surface area (Å²) in [7, 11) is 1.80. The van der Waals surface area contributed by atoms with E-state index in [1.807, 2.05) is 18.2 Å². The molecule has 106 valence electrons. The zero-order valence-electron chi connectivity index (χ0n) is 11.9. The lowest BCUT2D eigenvalue weighted by molar-refractivity contribution is -0.130. The maximum atomic E-state index is 11.8. The van der Waals surface area contributed by atoms with Gasteiger partial charge in [0.05, 0.1) is 13.0 Å². The Morgan fingerprint density at radius 1 is 1.42 bits per heavy atom. The predicted octanol–water partition coefficient (Wildman–Crippen LogP) is 1.83. The molecule has 2 N–H and O–H groups in total. The van der Waals surface area contributed by atoms with Gasteiger partial charge in [-0.05, 0) is 37.1 Å². The van der Waals surface area contributed by atoms with Crippen LogP contribution in [-0.2, 0) is 11.2 Å². The fourth-order valence-electron chi connectivity index (χ4n) is 1.76. The van der Waals surface area contributed by atoms with E-state index in [4.69, 9.17) is 10.5 Å². The Hall–Kier alpha value is -1.55. The van der Waals surface area contributed by atoms with Crippen LogP contribution in [0.5, 0.6) is 5.75 Å². The number of nitrogens with two attached hydrogens (primary N) is 1. The molecule has 0 bridgehead atoms. The number of hydrogen-bond donors (Lipinski definition) is 1. The van der Waals surface area contributed by atoms with Gasteiger partial charge in [-0.2, -0.15) is 0 Å². The average molecular weight is 264 g/mol. The Labute approximate surface area is 115 Å². The smallest absolute Gasteiger partial charge is 0.225 e. The molecule has 0 aromatic heterocycles. The fraction of sp³-hybridized carbons (Fsp3) is 0.533. The number of rotatable bonds is 8. The van der Waals surface area contributed by atoms with Crippen molar-refractivity contribution in [1.29, 1.82) is 0 Å². The SMILES string of the molecule is CCc1cccc(OCCC(=O)N(C)CCCN)c1. The lowest BCUT2D eigenvalue weighted by Gasteiger charge is -2.16. The number of hydrogen-bond acceptors (Lipinski definition) is 3. The Bertz CT molecular complexity index is 393. The van der Waals surface area contributed by atoms with Crippen LogP contribution in [0.2, 0.25) is 0 Å². The largest absolute Gasteiger partial charge is 0.493 e. The molecule has 0 unspecified atom stereocenters. The summed E-state index contributed by atoms with van der Waals surface area (Å²) >= 11 is 0. The van der Waals surface area contributed by atoms with E-state index in [2.05, 4.69) is 13.0 Å². The summed E-state index contributed by atoms with van der Waals surface area (Å²) in [6.45, 7) is 3.84. The standard InChI is InChI=1S/C15H24N2O2/c1-3-13-6-4-7-14(12-13)19-11-8-15(18)17(2)10-5-9-16/h4,6-7,12H,3,5,8-11,16H2,1-2H3. The van der Waals surface area contributed by atoms with Crippen molar-refractivity contribution in [2.45, 2.75) is 26.2 Å². The Kier molecular flexibility index (Phi) is 6.97. The van der Waals surface area contributed by atoms with Gasteiger partial charge in [0.2, 0.25) is 5.91 Å². The minimum Gasteiger partial charge on any atom is -0.493 e. The highest BCUT2D eigenvalue weighted by molar-refractivity contribution is 5.75. The highest BCUT2D eigenvalue weighted by atomic mass is 16.5. The minimum atomic E-state index is 0.0973. The molecular weight excluding hydrogens is 240 g/mol. The third-order valence-corrected chi connectivity index (χ3v) is 3.01. The van der Waals surface area contributed by atoms with E-state index in [1.54, 1.807) is 11.9 Å². The van der Waals surface area contributed by atoms with Crippen molar-refractivity contribution >= 4 is 5.91 Å². The number of ether oxygens (including phenoxy) is 1. The van der Waals surface area contributed by atoms with Crippen LogP contribution in [0.4, 0.5) is 0 Å². The van der Waals surface area contributed by atoms with Gasteiger partial charge in [-0.15, -0.1) is 0 Å². The van der Waals surface area contributed by atoms with E-state index in [0.717, 1.165) is 18.6 Å². The van der Waals surface area contributed by atoms with E-state index in [9.17, 15) is 4.79 Å². The summed E-state index contributed by atoms with van der Waals surface area (Å²) in [6.07, 6.45) is 2.22. The molecule has 0 aliphatic rings. The van der Waals surface area contributed by atoms with Gasteiger partial charge < -0.3 is 15.4 Å². The molecule has 1 amide bonds. The van der Waals surface area contributed by atoms with Crippen molar-refractivity contribution in [2.75, 3.05) is 26.7 Å². The van der Waals surface area contributed by atoms with Gasteiger partial charge in [0.25, 0.3) is 0 Å². The molecule has 1 aromatic carbocycles. The monoisotopic (exact) mass is 264 g/mol. The number of carbonyl (C=O) groups excluding carboxylic acids is 1. The highest BCUT2D eigenvalue weighted by Gasteiger charge is 2.08. The summed E-state index contributed by atoms with van der Waals surface area (Å²) in [5, 5.41) is 0. The molecule has 1 aromatic rings. The van der Waals surface area contributed by atoms with Crippen molar-refractivity contribution in [3.63, 3.8) is 0 Å². The van der Waals surface area contributed by atoms with Crippen LogP contribution < -0.4 is 10.5 Å². The van der Waals surface area contributed by atoms with Crippen LogP contribution in [-0.4, -0.2) is 37.6 Å². The van der Waals surface area contributed by atoms with E-state index >= 15 is 0 Å². The maximum absolute atomic E-state index is 11.8. The molecule has 0 saturated heterocycles. The lowest BCUT2D eigenvalue weighted by Crippen LogP contribution is -2.30. The first-order valence-corrected chi connectivity index (χ1v) is 6.83. The second kappa shape index (κ2) is 8.53. The second-order valence-corrected chi connectivity index (χ2v) is 4.56. The molecule has 4 nitrogen and oxygen atoms in total. The van der Waals surface area contributed by atoms with Crippen molar-refractivity contribution in [2.24, 2.45) is 5.73 Å². The van der Waals surface area contributed by atoms with Crippen molar-refractivity contribution in [3.05, 3.63) is 29.8 Å². The van der Waals surface area contributed by atoms with Crippen LogP contribution in [0.1, 0.15) is 25.3 Å². The second-order valence-electron chi connectivity index (χ2n) is 4.56. The number of aryl methyl sites for hydroxylation is 1. The Balaban J connectivity index is 2.31. The third kappa shape index (κ3) is 5.75. The van der Waals surface area contributed by atoms with Crippen LogP contribution in [0.15, 0.2) is 24.3 Å². The minimum absolute atomic E-state index is 0.0973. The lowest BCUT2D eigenvalue weighted by atomic mass is 10.2. The summed E-state index contributed by atoms with van der Waals surface area (Å²) in [5.41, 5.74) is 6.66. The molecule has 0 heterocycles. The van der Waals surface area contributed by atoms with E-state index in [-0.39, 0.29) is 5.91 Å². The first-order valence-electron chi connectivity index (χ1n) is 6.83. The quantitative estimate of drug-likeness (QED) is 0.779. The number of amides is 1. The van der Waals surface area contributed by atoms with Gasteiger partial charge in [-0.1, -0.05) is 19.1 Å². The molecule has 4 heteroatoms. The van der Waals surface area contributed by atoms with Crippen LogP contribution in [0, 0.1) is 0 Å². The van der Waals surface area contributed by atoms with Crippen molar-refractivity contribution < 1.29 is 9.53 Å². The average Bonchev–Trinajstić information content (AvgIpc) is 2.44. The molecule has 0 radical (unpaired) electrons. The summed E-state index contributed by atoms with van der Waals surface area (Å²) in [5.74, 6) is 0.928. The van der Waals surface area contributed by atoms with Gasteiger partial charge in [-0.25, -0.2) is 0 Å². The fourth-order valence-corrected chi connectivity index (χ4v) is 1.76. The molecule has 0 saturated carbocycles. The molecule has 0 spiro atoms. The van der Waals surface area contributed by atoms with E-state index < -0.39 is 0 Å². The molecule has 0 aliphatic heterocycles. The molecule has 0 fully saturated rings. The van der Waals surface area contributed by atoms with E-state index in [0.29, 0.717) is 26.1 Å². The van der Waals surface area contributed by atoms with Gasteiger partial charge in [-0.3, -0.25) is 4.79 Å². The van der Waals surface area contributed by atoms with Crippen LogP contribution in [0.25, 0.3) is 0 Å². The van der Waals surface area contributed by atoms with Gasteiger partial charge >= 0.3 is 0 Å². The molecular formula is C15H24N2O2. The van der Waals surface area contributed by atoms with Gasteiger partial charge in [0, 0.05) is 13.6 Å². The Morgan fingerprint density at radius 3 is 2.89 bits per heavy atom. The summed E-state index contributed by atoms with van der Waals surface area (Å²) < 4.78 is 5.60. The van der Waals surface area contributed by atoms with E-state index in [1.165, 1.54) is 5.56 Å². The number of carbonyl (C=O) groups is 1. The van der Waals surface area contributed by atoms with Crippen molar-refractivity contribution in [3.8, 4) is 5.75 Å². The normalized spacial score (nSPS) is 10.3. The van der Waals surface area contributed by atoms with Gasteiger partial charge in [0.1, 0.15) is 5.75 Å². The molecule has 0 atom stereocenters. The zero-order valence-corrected chi connectivity index (χ0v) is 11.9. The third-order valence-electron chi connectivity index (χ3n) is 3.01. The Morgan fingerprint density at radius 2 is 2.21 bits per heavy atom. The molecule has 0 aliphatic carbocycles. The maximum Gasteiger partial charge on any atom is 0.225 e. The van der Waals surface area contributed by atoms with Gasteiger partial charge in [0.15, 0.2) is 0 Å². The predicted molar refractivity (Wildman–Crippen MR) is 77.2 cm³/mol. The summed E-state index contributed by atoms with van der Waals surface area (Å²) in [6, 6.07) is 7.98. The van der Waals surface area contributed by atoms with Crippen molar-refractivity contribution in [1.82, 2.24) is 4.90 Å².